The molecular weight excluding hydrogens is 161 g/mol. The van der Waals surface area contributed by atoms with E-state index in [4.69, 9.17) is 5.11 Å². The van der Waals surface area contributed by atoms with Crippen LogP contribution in [-0.4, -0.2) is 30.3 Å². The molecule has 1 rings (SSSR count). The molecule has 1 aliphatic heterocycles. The lowest BCUT2D eigenvalue weighted by molar-refractivity contribution is -0.138. The first-order valence-electron chi connectivity index (χ1n) is 4.26. The van der Waals surface area contributed by atoms with Crippen LogP contribution in [0.5, 0.6) is 0 Å². The molecule has 0 aromatic heterocycles. The maximum atomic E-state index is 13.1. The Balaban J connectivity index is 2.29. The van der Waals surface area contributed by atoms with Crippen molar-refractivity contribution in [3.63, 3.8) is 0 Å². The molecule has 12 heavy (non-hydrogen) atoms. The van der Waals surface area contributed by atoms with Crippen LogP contribution >= 0.6 is 0 Å². The van der Waals surface area contributed by atoms with Gasteiger partial charge in [0.1, 0.15) is 6.17 Å². The van der Waals surface area contributed by atoms with Crippen LogP contribution in [0.3, 0.4) is 0 Å². The summed E-state index contributed by atoms with van der Waals surface area (Å²) in [6, 6.07) is 0. The van der Waals surface area contributed by atoms with Crippen molar-refractivity contribution in [3.05, 3.63) is 0 Å². The fraction of sp³-hybridized carbons (Fsp3) is 0.875. The number of piperidine rings is 1. The highest BCUT2D eigenvalue weighted by molar-refractivity contribution is 5.67. The zero-order valence-corrected chi connectivity index (χ0v) is 6.92. The molecule has 70 valence electrons. The minimum atomic E-state index is -1.16. The van der Waals surface area contributed by atoms with E-state index in [2.05, 4.69) is 5.32 Å². The Morgan fingerprint density at radius 3 is 2.67 bits per heavy atom. The summed E-state index contributed by atoms with van der Waals surface area (Å²) in [7, 11) is 0. The average Bonchev–Trinajstić information content (AvgIpc) is 2.05. The van der Waals surface area contributed by atoms with Crippen molar-refractivity contribution in [1.82, 2.24) is 5.32 Å². The first-order chi connectivity index (χ1) is 5.70. The molecule has 1 unspecified atom stereocenters. The lowest BCUT2D eigenvalue weighted by Crippen LogP contribution is -2.33. The molecule has 0 aromatic rings. The van der Waals surface area contributed by atoms with E-state index in [1.807, 2.05) is 0 Å². The van der Waals surface area contributed by atoms with E-state index in [-0.39, 0.29) is 12.3 Å². The second kappa shape index (κ2) is 4.40. The summed E-state index contributed by atoms with van der Waals surface area (Å²) in [5, 5.41) is 11.5. The van der Waals surface area contributed by atoms with Gasteiger partial charge in [0.15, 0.2) is 0 Å². The predicted octanol–water partition coefficient (Wildman–Crippen LogP) is 0.799. The Hall–Kier alpha value is -0.640. The van der Waals surface area contributed by atoms with Crippen LogP contribution in [0, 0.1) is 5.92 Å². The van der Waals surface area contributed by atoms with Crippen molar-refractivity contribution in [2.75, 3.05) is 13.1 Å². The third kappa shape index (κ3) is 2.77. The largest absolute Gasteiger partial charge is 0.481 e. The van der Waals surface area contributed by atoms with Crippen LogP contribution in [0.25, 0.3) is 0 Å². The summed E-state index contributed by atoms with van der Waals surface area (Å²) in [5.41, 5.74) is 0. The van der Waals surface area contributed by atoms with Gasteiger partial charge in [-0.1, -0.05) is 0 Å². The summed E-state index contributed by atoms with van der Waals surface area (Å²) in [6.45, 7) is 1.62. The van der Waals surface area contributed by atoms with Gasteiger partial charge in [-0.05, 0) is 31.8 Å². The smallest absolute Gasteiger partial charge is 0.306 e. The third-order valence-electron chi connectivity index (χ3n) is 2.26. The van der Waals surface area contributed by atoms with E-state index < -0.39 is 12.1 Å². The molecule has 0 bridgehead atoms. The summed E-state index contributed by atoms with van der Waals surface area (Å²) in [5.74, 6) is -1.09. The number of rotatable bonds is 3. The quantitative estimate of drug-likeness (QED) is 0.667. The number of nitrogens with one attached hydrogen (secondary N) is 1. The van der Waals surface area contributed by atoms with Crippen LogP contribution in [-0.2, 0) is 4.79 Å². The second-order valence-corrected chi connectivity index (χ2v) is 3.20. The van der Waals surface area contributed by atoms with Gasteiger partial charge >= 0.3 is 5.97 Å². The first-order valence-corrected chi connectivity index (χ1v) is 4.26. The molecule has 1 aliphatic rings. The SMILES string of the molecule is O=C(O)CC(F)C1CCNCC1. The lowest BCUT2D eigenvalue weighted by Gasteiger charge is -2.24. The normalized spacial score (nSPS) is 22.1. The summed E-state index contributed by atoms with van der Waals surface area (Å²) in [6.07, 6.45) is 0.0118. The van der Waals surface area contributed by atoms with Gasteiger partial charge in [0.2, 0.25) is 0 Å². The van der Waals surface area contributed by atoms with Crippen LogP contribution < -0.4 is 5.32 Å². The van der Waals surface area contributed by atoms with E-state index in [1.54, 1.807) is 0 Å². The van der Waals surface area contributed by atoms with Crippen LogP contribution in [0.4, 0.5) is 4.39 Å². The van der Waals surface area contributed by atoms with Crippen LogP contribution in [0.15, 0.2) is 0 Å². The van der Waals surface area contributed by atoms with E-state index in [1.165, 1.54) is 0 Å². The number of hydrogen-bond acceptors (Lipinski definition) is 2. The minimum absolute atomic E-state index is 0.0534. The van der Waals surface area contributed by atoms with Gasteiger partial charge in [-0.3, -0.25) is 4.79 Å². The summed E-state index contributed by atoms with van der Waals surface area (Å²) >= 11 is 0. The van der Waals surface area contributed by atoms with Crippen molar-refractivity contribution >= 4 is 5.97 Å². The summed E-state index contributed by atoms with van der Waals surface area (Å²) < 4.78 is 13.1. The Kier molecular flexibility index (Phi) is 3.47. The van der Waals surface area contributed by atoms with Gasteiger partial charge in [-0.2, -0.15) is 0 Å². The molecule has 3 nitrogen and oxygen atoms in total. The van der Waals surface area contributed by atoms with E-state index in [0.717, 1.165) is 25.9 Å². The molecule has 0 spiro atoms. The molecule has 0 amide bonds. The molecule has 0 saturated carbocycles. The minimum Gasteiger partial charge on any atom is -0.481 e. The van der Waals surface area contributed by atoms with Crippen molar-refractivity contribution in [1.29, 1.82) is 0 Å². The highest BCUT2D eigenvalue weighted by atomic mass is 19.1. The Morgan fingerprint density at radius 2 is 2.17 bits per heavy atom. The number of carboxylic acids is 1. The molecule has 1 saturated heterocycles. The van der Waals surface area contributed by atoms with Gasteiger partial charge in [-0.15, -0.1) is 0 Å². The maximum absolute atomic E-state index is 13.1. The number of carbonyl (C=O) groups is 1. The highest BCUT2D eigenvalue weighted by Crippen LogP contribution is 2.21. The van der Waals surface area contributed by atoms with Gasteiger partial charge in [0, 0.05) is 0 Å². The van der Waals surface area contributed by atoms with Crippen molar-refractivity contribution < 1.29 is 14.3 Å². The zero-order chi connectivity index (χ0) is 8.97. The number of alkyl halides is 1. The van der Waals surface area contributed by atoms with E-state index in [9.17, 15) is 9.18 Å². The molecule has 0 radical (unpaired) electrons. The van der Waals surface area contributed by atoms with Gasteiger partial charge in [-0.25, -0.2) is 4.39 Å². The number of carboxylic acid groups (broad SMARTS) is 1. The molecule has 0 aromatic carbocycles. The maximum Gasteiger partial charge on any atom is 0.306 e. The molecule has 0 aliphatic carbocycles. The van der Waals surface area contributed by atoms with Crippen LogP contribution in [0.1, 0.15) is 19.3 Å². The van der Waals surface area contributed by atoms with Crippen molar-refractivity contribution in [3.8, 4) is 0 Å². The van der Waals surface area contributed by atoms with Crippen molar-refractivity contribution in [2.45, 2.75) is 25.4 Å². The Bertz CT molecular complexity index is 157. The number of hydrogen-bond donors (Lipinski definition) is 2. The monoisotopic (exact) mass is 175 g/mol. The molecule has 1 fully saturated rings. The van der Waals surface area contributed by atoms with Gasteiger partial charge in [0.05, 0.1) is 6.42 Å². The Labute approximate surface area is 71.0 Å². The average molecular weight is 175 g/mol. The lowest BCUT2D eigenvalue weighted by atomic mass is 9.91. The third-order valence-corrected chi connectivity index (χ3v) is 2.26. The topological polar surface area (TPSA) is 49.3 Å². The first kappa shape index (κ1) is 9.45. The second-order valence-electron chi connectivity index (χ2n) is 3.20. The predicted molar refractivity (Wildman–Crippen MR) is 42.7 cm³/mol. The number of halogens is 1. The molecule has 1 heterocycles. The number of aliphatic carboxylic acids is 1. The van der Waals surface area contributed by atoms with Crippen molar-refractivity contribution in [2.24, 2.45) is 5.92 Å². The highest BCUT2D eigenvalue weighted by Gasteiger charge is 2.24. The standard InChI is InChI=1S/C8H14FNO2/c9-7(5-8(11)12)6-1-3-10-4-2-6/h6-7,10H,1-5H2,(H,11,12). The Morgan fingerprint density at radius 1 is 1.58 bits per heavy atom. The van der Waals surface area contributed by atoms with Gasteiger partial charge < -0.3 is 10.4 Å². The molecule has 4 heteroatoms. The summed E-state index contributed by atoms with van der Waals surface area (Å²) in [4.78, 5) is 10.2. The van der Waals surface area contributed by atoms with Crippen LogP contribution in [0.2, 0.25) is 0 Å². The molecular formula is C8H14FNO2. The van der Waals surface area contributed by atoms with E-state index >= 15 is 0 Å². The molecule has 1 atom stereocenters. The van der Waals surface area contributed by atoms with Gasteiger partial charge in [0.25, 0.3) is 0 Å². The molecule has 2 N–H and O–H groups in total. The fourth-order valence-electron chi connectivity index (χ4n) is 1.54. The fourth-order valence-corrected chi connectivity index (χ4v) is 1.54. The zero-order valence-electron chi connectivity index (χ0n) is 6.92. The van der Waals surface area contributed by atoms with E-state index in [0.29, 0.717) is 0 Å².